The summed E-state index contributed by atoms with van der Waals surface area (Å²) in [6, 6.07) is 14.5. The van der Waals surface area contributed by atoms with Crippen molar-refractivity contribution in [3.63, 3.8) is 0 Å². The average Bonchev–Trinajstić information content (AvgIpc) is 2.85. The summed E-state index contributed by atoms with van der Waals surface area (Å²) >= 11 is 0. The SMILES string of the molecule is Cc1nn(C)c(C)c1N=Nc1ccc(N=Cc2ccccc2O)cc1. The molecule has 0 aliphatic heterocycles. The van der Waals surface area contributed by atoms with E-state index >= 15 is 0 Å². The van der Waals surface area contributed by atoms with E-state index in [1.807, 2.05) is 51.2 Å². The van der Waals surface area contributed by atoms with Crippen LogP contribution in [0.15, 0.2) is 63.8 Å². The predicted molar refractivity (Wildman–Crippen MR) is 98.7 cm³/mol. The molecule has 1 heterocycles. The van der Waals surface area contributed by atoms with Gasteiger partial charge in [0.25, 0.3) is 0 Å². The molecule has 6 heteroatoms. The number of nitrogens with zero attached hydrogens (tertiary/aromatic N) is 5. The first kappa shape index (κ1) is 16.6. The van der Waals surface area contributed by atoms with Gasteiger partial charge in [0.05, 0.1) is 22.8 Å². The molecule has 0 spiro atoms. The second-order valence-electron chi connectivity index (χ2n) is 5.68. The van der Waals surface area contributed by atoms with Gasteiger partial charge in [0.1, 0.15) is 11.4 Å². The molecule has 25 heavy (non-hydrogen) atoms. The Hall–Kier alpha value is -3.28. The molecule has 0 fully saturated rings. The molecule has 0 bridgehead atoms. The second-order valence-corrected chi connectivity index (χ2v) is 5.68. The van der Waals surface area contributed by atoms with E-state index in [1.54, 1.807) is 29.1 Å². The summed E-state index contributed by atoms with van der Waals surface area (Å²) in [4.78, 5) is 4.36. The van der Waals surface area contributed by atoms with Crippen molar-refractivity contribution in [2.24, 2.45) is 22.3 Å². The van der Waals surface area contributed by atoms with Gasteiger partial charge in [-0.2, -0.15) is 10.2 Å². The van der Waals surface area contributed by atoms with Crippen LogP contribution in [-0.4, -0.2) is 21.1 Å². The van der Waals surface area contributed by atoms with Crippen molar-refractivity contribution in [2.45, 2.75) is 13.8 Å². The third-order valence-corrected chi connectivity index (χ3v) is 3.88. The summed E-state index contributed by atoms with van der Waals surface area (Å²) in [5.74, 6) is 0.207. The van der Waals surface area contributed by atoms with Gasteiger partial charge in [0.15, 0.2) is 0 Å². The van der Waals surface area contributed by atoms with Gasteiger partial charge in [-0.15, -0.1) is 5.11 Å². The Morgan fingerprint density at radius 3 is 2.28 bits per heavy atom. The molecule has 0 atom stereocenters. The molecule has 3 aromatic rings. The number of hydrogen-bond donors (Lipinski definition) is 1. The summed E-state index contributed by atoms with van der Waals surface area (Å²) in [5, 5.41) is 22.6. The van der Waals surface area contributed by atoms with Crippen LogP contribution in [-0.2, 0) is 7.05 Å². The number of azo groups is 1. The monoisotopic (exact) mass is 333 g/mol. The zero-order valence-electron chi connectivity index (χ0n) is 14.4. The molecule has 1 N–H and O–H groups in total. The number of aliphatic imine (C=N–C) groups is 1. The topological polar surface area (TPSA) is 75.1 Å². The zero-order chi connectivity index (χ0) is 17.8. The number of para-hydroxylation sites is 1. The van der Waals surface area contributed by atoms with Gasteiger partial charge < -0.3 is 5.11 Å². The van der Waals surface area contributed by atoms with E-state index in [0.717, 1.165) is 28.5 Å². The van der Waals surface area contributed by atoms with Crippen LogP contribution in [0.3, 0.4) is 0 Å². The molecule has 0 aliphatic carbocycles. The third-order valence-electron chi connectivity index (χ3n) is 3.88. The minimum absolute atomic E-state index is 0.207. The van der Waals surface area contributed by atoms with E-state index in [9.17, 15) is 5.11 Å². The molecule has 6 nitrogen and oxygen atoms in total. The first-order chi connectivity index (χ1) is 12.0. The highest BCUT2D eigenvalue weighted by Gasteiger charge is 2.07. The van der Waals surface area contributed by atoms with E-state index in [-0.39, 0.29) is 5.75 Å². The fourth-order valence-electron chi connectivity index (χ4n) is 2.36. The van der Waals surface area contributed by atoms with Gasteiger partial charge in [-0.3, -0.25) is 9.67 Å². The first-order valence-electron chi connectivity index (χ1n) is 7.88. The van der Waals surface area contributed by atoms with Gasteiger partial charge in [-0.25, -0.2) is 0 Å². The molecule has 0 unspecified atom stereocenters. The van der Waals surface area contributed by atoms with E-state index < -0.39 is 0 Å². The molecule has 1 aromatic heterocycles. The van der Waals surface area contributed by atoms with Crippen LogP contribution in [0.5, 0.6) is 5.75 Å². The number of benzene rings is 2. The number of aromatic nitrogens is 2. The van der Waals surface area contributed by atoms with Gasteiger partial charge >= 0.3 is 0 Å². The zero-order valence-corrected chi connectivity index (χ0v) is 14.4. The highest BCUT2D eigenvalue weighted by atomic mass is 16.3. The van der Waals surface area contributed by atoms with E-state index in [4.69, 9.17) is 0 Å². The molecule has 2 aromatic carbocycles. The minimum atomic E-state index is 0.207. The van der Waals surface area contributed by atoms with Crippen molar-refractivity contribution in [3.8, 4) is 5.75 Å². The summed E-state index contributed by atoms with van der Waals surface area (Å²) in [5.41, 5.74) is 4.82. The first-order valence-corrected chi connectivity index (χ1v) is 7.88. The highest BCUT2D eigenvalue weighted by Crippen LogP contribution is 2.26. The molecule has 3 rings (SSSR count). The number of hydrogen-bond acceptors (Lipinski definition) is 5. The lowest BCUT2D eigenvalue weighted by Crippen LogP contribution is -1.91. The Balaban J connectivity index is 1.74. The quantitative estimate of drug-likeness (QED) is 0.544. The van der Waals surface area contributed by atoms with Gasteiger partial charge in [0.2, 0.25) is 0 Å². The Morgan fingerprint density at radius 2 is 1.64 bits per heavy atom. The summed E-state index contributed by atoms with van der Waals surface area (Å²) < 4.78 is 1.79. The van der Waals surface area contributed by atoms with Crippen molar-refractivity contribution in [3.05, 3.63) is 65.5 Å². The Labute approximate surface area is 146 Å². The van der Waals surface area contributed by atoms with E-state index in [0.29, 0.717) is 5.56 Å². The van der Waals surface area contributed by atoms with Crippen molar-refractivity contribution >= 4 is 23.3 Å². The maximum atomic E-state index is 9.73. The summed E-state index contributed by atoms with van der Waals surface area (Å²) in [6.45, 7) is 3.88. The number of rotatable bonds is 4. The van der Waals surface area contributed by atoms with Crippen LogP contribution >= 0.6 is 0 Å². The lowest BCUT2D eigenvalue weighted by molar-refractivity contribution is 0.474. The Kier molecular flexibility index (Phi) is 4.70. The third kappa shape index (κ3) is 3.80. The van der Waals surface area contributed by atoms with Crippen LogP contribution in [0.2, 0.25) is 0 Å². The van der Waals surface area contributed by atoms with Gasteiger partial charge in [-0.05, 0) is 50.2 Å². The van der Waals surface area contributed by atoms with Crippen LogP contribution in [0.1, 0.15) is 17.0 Å². The van der Waals surface area contributed by atoms with Crippen LogP contribution in [0.25, 0.3) is 0 Å². The van der Waals surface area contributed by atoms with E-state index in [2.05, 4.69) is 20.3 Å². The lowest BCUT2D eigenvalue weighted by atomic mass is 10.2. The standard InChI is InChI=1S/C19H19N5O/c1-13-19(14(2)24(3)23-13)22-21-17-10-8-16(9-11-17)20-12-15-6-4-5-7-18(15)25/h4-12,25H,1-3H3. The van der Waals surface area contributed by atoms with Gasteiger partial charge in [0, 0.05) is 18.8 Å². The average molecular weight is 333 g/mol. The fraction of sp³-hybridized carbons (Fsp3) is 0.158. The van der Waals surface area contributed by atoms with Crippen molar-refractivity contribution in [1.82, 2.24) is 9.78 Å². The smallest absolute Gasteiger partial charge is 0.129 e. The highest BCUT2D eigenvalue weighted by molar-refractivity contribution is 5.85. The fourth-order valence-corrected chi connectivity index (χ4v) is 2.36. The molecular weight excluding hydrogens is 314 g/mol. The largest absolute Gasteiger partial charge is 0.507 e. The molecular formula is C19H19N5O. The van der Waals surface area contributed by atoms with Gasteiger partial charge in [-0.1, -0.05) is 12.1 Å². The molecule has 126 valence electrons. The molecule has 0 saturated carbocycles. The Bertz CT molecular complexity index is 939. The van der Waals surface area contributed by atoms with Crippen LogP contribution in [0.4, 0.5) is 17.1 Å². The van der Waals surface area contributed by atoms with E-state index in [1.165, 1.54) is 0 Å². The molecule has 0 aliphatic rings. The Morgan fingerprint density at radius 1 is 0.960 bits per heavy atom. The lowest BCUT2D eigenvalue weighted by Gasteiger charge is -1.98. The number of aromatic hydroxyl groups is 1. The molecule has 0 saturated heterocycles. The minimum Gasteiger partial charge on any atom is -0.507 e. The number of phenols is 1. The van der Waals surface area contributed by atoms with Crippen molar-refractivity contribution in [1.29, 1.82) is 0 Å². The normalized spacial score (nSPS) is 11.6. The van der Waals surface area contributed by atoms with Crippen LogP contribution in [0, 0.1) is 13.8 Å². The van der Waals surface area contributed by atoms with Crippen molar-refractivity contribution in [2.75, 3.05) is 0 Å². The number of phenolic OH excluding ortho intramolecular Hbond substituents is 1. The maximum Gasteiger partial charge on any atom is 0.129 e. The maximum absolute atomic E-state index is 9.73. The molecule has 0 amide bonds. The summed E-state index contributed by atoms with van der Waals surface area (Å²) in [6.07, 6.45) is 1.63. The summed E-state index contributed by atoms with van der Waals surface area (Å²) in [7, 11) is 1.89. The molecule has 0 radical (unpaired) electrons. The number of aryl methyl sites for hydroxylation is 2. The van der Waals surface area contributed by atoms with Crippen LogP contribution < -0.4 is 0 Å². The predicted octanol–water partition coefficient (Wildman–Crippen LogP) is 4.91. The van der Waals surface area contributed by atoms with Crippen molar-refractivity contribution < 1.29 is 5.11 Å². The second kappa shape index (κ2) is 7.09.